The van der Waals surface area contributed by atoms with Gasteiger partial charge in [-0.05, 0) is 72.4 Å². The SMILES string of the molecule is CCC(CC)N1C(=O)C(C)(C)c2c(C)nc(N(CC)c3c(C)cc(C)cc3C)nc21. The Hall–Kier alpha value is -2.43. The predicted molar refractivity (Wildman–Crippen MR) is 125 cm³/mol. The molecule has 0 N–H and O–H groups in total. The van der Waals surface area contributed by atoms with Crippen molar-refractivity contribution >= 4 is 23.4 Å². The topological polar surface area (TPSA) is 49.3 Å². The normalized spacial score (nSPS) is 15.1. The molecule has 5 heteroatoms. The summed E-state index contributed by atoms with van der Waals surface area (Å²) < 4.78 is 0. The molecule has 3 rings (SSSR count). The number of aryl methyl sites for hydroxylation is 4. The molecule has 0 bridgehead atoms. The van der Waals surface area contributed by atoms with Crippen LogP contribution in [0.25, 0.3) is 0 Å². The summed E-state index contributed by atoms with van der Waals surface area (Å²) in [5.74, 6) is 1.60. The number of carbonyl (C=O) groups is 1. The van der Waals surface area contributed by atoms with Gasteiger partial charge in [-0.15, -0.1) is 0 Å². The molecule has 0 unspecified atom stereocenters. The Morgan fingerprint density at radius 3 is 2.07 bits per heavy atom. The van der Waals surface area contributed by atoms with E-state index in [4.69, 9.17) is 9.97 Å². The van der Waals surface area contributed by atoms with Gasteiger partial charge in [-0.3, -0.25) is 9.69 Å². The number of nitrogens with zero attached hydrogens (tertiary/aromatic N) is 4. The lowest BCUT2D eigenvalue weighted by Crippen LogP contribution is -2.42. The summed E-state index contributed by atoms with van der Waals surface area (Å²) in [6.45, 7) is 19.6. The fraction of sp³-hybridized carbons (Fsp3) is 0.560. The summed E-state index contributed by atoms with van der Waals surface area (Å²) in [6, 6.07) is 4.56. The van der Waals surface area contributed by atoms with Crippen LogP contribution in [0, 0.1) is 27.7 Å². The van der Waals surface area contributed by atoms with Gasteiger partial charge in [0.25, 0.3) is 0 Å². The Balaban J connectivity index is 2.23. The number of fused-ring (bicyclic) bond motifs is 1. The van der Waals surface area contributed by atoms with Crippen LogP contribution in [0.1, 0.15) is 75.4 Å². The molecule has 0 saturated heterocycles. The molecule has 0 spiro atoms. The molecule has 0 saturated carbocycles. The molecule has 30 heavy (non-hydrogen) atoms. The van der Waals surface area contributed by atoms with E-state index in [0.29, 0.717) is 5.95 Å². The van der Waals surface area contributed by atoms with Crippen LogP contribution in [0.5, 0.6) is 0 Å². The Kier molecular flexibility index (Phi) is 5.94. The maximum atomic E-state index is 13.4. The summed E-state index contributed by atoms with van der Waals surface area (Å²) in [7, 11) is 0. The molecule has 5 nitrogen and oxygen atoms in total. The molecule has 0 aliphatic carbocycles. The van der Waals surface area contributed by atoms with Gasteiger partial charge in [0.2, 0.25) is 11.9 Å². The maximum Gasteiger partial charge on any atom is 0.238 e. The first-order valence-corrected chi connectivity index (χ1v) is 11.2. The van der Waals surface area contributed by atoms with Crippen LogP contribution in [-0.4, -0.2) is 28.5 Å². The third-order valence-corrected chi connectivity index (χ3v) is 6.44. The Bertz CT molecular complexity index is 952. The van der Waals surface area contributed by atoms with E-state index in [2.05, 4.69) is 58.6 Å². The Labute approximate surface area is 181 Å². The Morgan fingerprint density at radius 2 is 1.57 bits per heavy atom. The van der Waals surface area contributed by atoms with E-state index in [1.165, 1.54) is 16.7 Å². The summed E-state index contributed by atoms with van der Waals surface area (Å²) in [5.41, 5.74) is 6.09. The first kappa shape index (κ1) is 22.3. The van der Waals surface area contributed by atoms with Gasteiger partial charge in [0.1, 0.15) is 5.82 Å². The van der Waals surface area contributed by atoms with Gasteiger partial charge in [0.15, 0.2) is 0 Å². The fourth-order valence-electron chi connectivity index (χ4n) is 5.06. The van der Waals surface area contributed by atoms with E-state index in [1.807, 2.05) is 25.7 Å². The van der Waals surface area contributed by atoms with E-state index >= 15 is 0 Å². The second-order valence-electron chi connectivity index (χ2n) is 9.07. The average Bonchev–Trinajstić information content (AvgIpc) is 2.86. The van der Waals surface area contributed by atoms with Gasteiger partial charge in [-0.25, -0.2) is 4.98 Å². The fourth-order valence-corrected chi connectivity index (χ4v) is 5.06. The molecule has 0 atom stereocenters. The largest absolute Gasteiger partial charge is 0.310 e. The third-order valence-electron chi connectivity index (χ3n) is 6.44. The highest BCUT2D eigenvalue weighted by molar-refractivity contribution is 6.07. The standard InChI is InChI=1S/C25H36N4O/c1-10-19(11-2)29-22-20(25(8,9)23(29)30)18(7)26-24(27-22)28(12-3)21-16(5)13-15(4)14-17(21)6/h13-14,19H,10-12H2,1-9H3. The van der Waals surface area contributed by atoms with Crippen molar-refractivity contribution in [1.82, 2.24) is 9.97 Å². The summed E-state index contributed by atoms with van der Waals surface area (Å²) >= 11 is 0. The molecule has 0 fully saturated rings. The van der Waals surface area contributed by atoms with Crippen molar-refractivity contribution in [3.05, 3.63) is 40.1 Å². The number of aromatic nitrogens is 2. The molecule has 1 amide bonds. The highest BCUT2D eigenvalue weighted by Gasteiger charge is 2.48. The predicted octanol–water partition coefficient (Wildman–Crippen LogP) is 5.68. The molecule has 1 aliphatic rings. The number of benzene rings is 1. The highest BCUT2D eigenvalue weighted by Crippen LogP contribution is 2.45. The van der Waals surface area contributed by atoms with Gasteiger partial charge >= 0.3 is 0 Å². The van der Waals surface area contributed by atoms with Gasteiger partial charge in [-0.1, -0.05) is 31.5 Å². The van der Waals surface area contributed by atoms with Crippen molar-refractivity contribution in [3.8, 4) is 0 Å². The monoisotopic (exact) mass is 408 g/mol. The van der Waals surface area contributed by atoms with Crippen LogP contribution in [0.2, 0.25) is 0 Å². The van der Waals surface area contributed by atoms with Gasteiger partial charge < -0.3 is 4.90 Å². The van der Waals surface area contributed by atoms with Crippen molar-refractivity contribution in [3.63, 3.8) is 0 Å². The lowest BCUT2D eigenvalue weighted by atomic mass is 9.86. The molecule has 1 aliphatic heterocycles. The zero-order chi connectivity index (χ0) is 22.4. The van der Waals surface area contributed by atoms with E-state index in [0.717, 1.165) is 42.1 Å². The van der Waals surface area contributed by atoms with Gasteiger partial charge in [0.05, 0.1) is 5.41 Å². The zero-order valence-corrected chi connectivity index (χ0v) is 20.1. The van der Waals surface area contributed by atoms with Crippen LogP contribution < -0.4 is 9.80 Å². The van der Waals surface area contributed by atoms with Crippen LogP contribution in [-0.2, 0) is 10.2 Å². The van der Waals surface area contributed by atoms with Crippen molar-refractivity contribution < 1.29 is 4.79 Å². The van der Waals surface area contributed by atoms with Crippen LogP contribution in [0.15, 0.2) is 12.1 Å². The summed E-state index contributed by atoms with van der Waals surface area (Å²) in [4.78, 5) is 27.5. The second-order valence-corrected chi connectivity index (χ2v) is 9.07. The van der Waals surface area contributed by atoms with E-state index in [1.54, 1.807) is 0 Å². The van der Waals surface area contributed by atoms with Crippen LogP contribution >= 0.6 is 0 Å². The van der Waals surface area contributed by atoms with Crippen LogP contribution in [0.4, 0.5) is 17.5 Å². The summed E-state index contributed by atoms with van der Waals surface area (Å²) in [5, 5.41) is 0. The van der Waals surface area contributed by atoms with Crippen LogP contribution in [0.3, 0.4) is 0 Å². The first-order valence-electron chi connectivity index (χ1n) is 11.2. The van der Waals surface area contributed by atoms with Crippen molar-refractivity contribution in [2.24, 2.45) is 0 Å². The molecule has 0 radical (unpaired) electrons. The van der Waals surface area contributed by atoms with Gasteiger partial charge in [-0.2, -0.15) is 4.98 Å². The zero-order valence-electron chi connectivity index (χ0n) is 20.1. The van der Waals surface area contributed by atoms with Crippen molar-refractivity contribution in [1.29, 1.82) is 0 Å². The quantitative estimate of drug-likeness (QED) is 0.617. The van der Waals surface area contributed by atoms with Crippen molar-refractivity contribution in [2.45, 2.75) is 86.6 Å². The number of hydrogen-bond acceptors (Lipinski definition) is 4. The lowest BCUT2D eigenvalue weighted by molar-refractivity contribution is -0.122. The smallest absolute Gasteiger partial charge is 0.238 e. The molecular weight excluding hydrogens is 372 g/mol. The lowest BCUT2D eigenvalue weighted by Gasteiger charge is -2.29. The third kappa shape index (κ3) is 3.38. The average molecular weight is 409 g/mol. The highest BCUT2D eigenvalue weighted by atomic mass is 16.2. The number of amides is 1. The van der Waals surface area contributed by atoms with E-state index in [9.17, 15) is 4.79 Å². The number of anilines is 3. The van der Waals surface area contributed by atoms with E-state index < -0.39 is 5.41 Å². The minimum Gasteiger partial charge on any atom is -0.310 e. The Morgan fingerprint density at radius 1 is 1.00 bits per heavy atom. The second kappa shape index (κ2) is 8.01. The molecule has 1 aromatic carbocycles. The van der Waals surface area contributed by atoms with Gasteiger partial charge in [0, 0.05) is 29.5 Å². The minimum atomic E-state index is -0.604. The summed E-state index contributed by atoms with van der Waals surface area (Å²) in [6.07, 6.45) is 1.81. The first-order chi connectivity index (χ1) is 14.1. The number of carbonyl (C=O) groups excluding carboxylic acids is 1. The molecule has 1 aromatic heterocycles. The maximum absolute atomic E-state index is 13.4. The molecule has 162 valence electrons. The molecular formula is C25H36N4O. The van der Waals surface area contributed by atoms with Crippen molar-refractivity contribution in [2.75, 3.05) is 16.3 Å². The van der Waals surface area contributed by atoms with E-state index in [-0.39, 0.29) is 11.9 Å². The molecule has 2 heterocycles. The number of rotatable bonds is 6. The number of hydrogen-bond donors (Lipinski definition) is 0. The molecule has 2 aromatic rings. The minimum absolute atomic E-state index is 0.131.